The summed E-state index contributed by atoms with van der Waals surface area (Å²) in [6.07, 6.45) is 5.57. The Morgan fingerprint density at radius 2 is 1.72 bits per heavy atom. The Kier molecular flexibility index (Phi) is 5.82. The van der Waals surface area contributed by atoms with Crippen molar-refractivity contribution in [3.63, 3.8) is 0 Å². The summed E-state index contributed by atoms with van der Waals surface area (Å²) >= 11 is 1.37. The van der Waals surface area contributed by atoms with Gasteiger partial charge in [-0.1, -0.05) is 54.6 Å². The molecule has 4 aliphatic rings. The molecule has 3 heterocycles. The number of nitriles is 1. The number of rotatable bonds is 3. The molecule has 43 heavy (non-hydrogen) atoms. The molecule has 0 bridgehead atoms. The van der Waals surface area contributed by atoms with Crippen molar-refractivity contribution in [3.8, 4) is 17.6 Å². The molecule has 1 aromatic heterocycles. The van der Waals surface area contributed by atoms with Gasteiger partial charge < -0.3 is 9.47 Å². The maximum atomic E-state index is 14.5. The second kappa shape index (κ2) is 9.65. The number of allylic oxidation sites excluding steroid dienone is 1. The van der Waals surface area contributed by atoms with Gasteiger partial charge in [-0.3, -0.25) is 14.4 Å². The number of methoxy groups -OCH3 is 1. The van der Waals surface area contributed by atoms with Crippen LogP contribution in [0.1, 0.15) is 45.9 Å². The number of ether oxygens (including phenoxy) is 2. The summed E-state index contributed by atoms with van der Waals surface area (Å²) < 4.78 is 11.4. The topological polar surface area (TPSA) is 96.7 Å². The lowest BCUT2D eigenvalue weighted by Gasteiger charge is -2.38. The van der Waals surface area contributed by atoms with Crippen LogP contribution in [0.2, 0.25) is 0 Å². The van der Waals surface area contributed by atoms with Gasteiger partial charge in [0.1, 0.15) is 22.6 Å². The van der Waals surface area contributed by atoms with E-state index in [4.69, 9.17) is 9.47 Å². The number of amides is 2. The van der Waals surface area contributed by atoms with Crippen molar-refractivity contribution in [3.05, 3.63) is 93.9 Å². The number of hydrogen-bond acceptors (Lipinski definition) is 7. The molecule has 4 aromatic rings. The highest BCUT2D eigenvalue weighted by atomic mass is 32.1. The highest BCUT2D eigenvalue weighted by Crippen LogP contribution is 2.56. The molecule has 2 aliphatic carbocycles. The number of carbonyl (C=O) groups excluding carboxylic acids is 3. The summed E-state index contributed by atoms with van der Waals surface area (Å²) in [4.78, 5) is 45.1. The molecule has 2 amide bonds. The van der Waals surface area contributed by atoms with E-state index in [1.54, 1.807) is 7.11 Å². The quantitative estimate of drug-likeness (QED) is 0.162. The molecule has 0 spiro atoms. The maximum Gasteiger partial charge on any atom is 0.319 e. The number of nitrogens with zero attached hydrogens (tertiary/aromatic N) is 2. The zero-order valence-electron chi connectivity index (χ0n) is 23.3. The van der Waals surface area contributed by atoms with Crippen LogP contribution in [0, 0.1) is 29.1 Å². The highest BCUT2D eigenvalue weighted by Gasteiger charge is 2.61. The molecular weight excluding hydrogens is 560 g/mol. The standard InChI is InChI=1S/C35H26N2O5S/c1-41-20-13-10-19(11-14-20)24-16-25-23-15-12-18-6-2-3-7-21(18)31(23)42-35(40)29(25)30-28(24)32(38)37(33(30)39)34-26(17-36)22-8-4-5-9-27(22)43-34/h2-3,6-7,10-16,24,28-30H,4-5,8-9H2,1H3/t24-,28+,29-,30-/m0/s1. The van der Waals surface area contributed by atoms with Crippen molar-refractivity contribution in [2.45, 2.75) is 31.6 Å². The van der Waals surface area contributed by atoms with Crippen LogP contribution in [-0.4, -0.2) is 24.9 Å². The number of fused-ring (bicyclic) bond motifs is 8. The van der Waals surface area contributed by atoms with E-state index in [1.165, 1.54) is 16.2 Å². The van der Waals surface area contributed by atoms with Crippen LogP contribution in [0.15, 0.2) is 66.7 Å². The zero-order valence-corrected chi connectivity index (χ0v) is 24.1. The Morgan fingerprint density at radius 1 is 0.953 bits per heavy atom. The lowest BCUT2D eigenvalue weighted by atomic mass is 9.64. The Bertz CT molecular complexity index is 1950. The molecular formula is C35H26N2O5S. The molecule has 0 saturated carbocycles. The predicted molar refractivity (Wildman–Crippen MR) is 162 cm³/mol. The molecule has 4 atom stereocenters. The Labute approximate surface area is 251 Å². The number of esters is 1. The lowest BCUT2D eigenvalue weighted by molar-refractivity contribution is -0.142. The van der Waals surface area contributed by atoms with E-state index < -0.39 is 35.5 Å². The molecule has 0 unspecified atom stereocenters. The molecule has 2 aliphatic heterocycles. The van der Waals surface area contributed by atoms with Crippen molar-refractivity contribution < 1.29 is 23.9 Å². The summed E-state index contributed by atoms with van der Waals surface area (Å²) in [5.74, 6) is -3.40. The van der Waals surface area contributed by atoms with Gasteiger partial charge in [-0.25, -0.2) is 4.90 Å². The van der Waals surface area contributed by atoms with Crippen LogP contribution in [0.5, 0.6) is 11.5 Å². The van der Waals surface area contributed by atoms with Crippen molar-refractivity contribution in [1.29, 1.82) is 5.26 Å². The fourth-order valence-electron chi connectivity index (χ4n) is 7.46. The minimum atomic E-state index is -0.961. The molecule has 212 valence electrons. The van der Waals surface area contributed by atoms with Crippen LogP contribution in [0.3, 0.4) is 0 Å². The molecule has 8 heteroatoms. The number of aryl methyl sites for hydroxylation is 1. The second-order valence-electron chi connectivity index (χ2n) is 11.5. The van der Waals surface area contributed by atoms with Gasteiger partial charge in [-0.2, -0.15) is 5.26 Å². The summed E-state index contributed by atoms with van der Waals surface area (Å²) in [5, 5.41) is 12.3. The summed E-state index contributed by atoms with van der Waals surface area (Å²) in [5.41, 5.74) is 3.67. The van der Waals surface area contributed by atoms with Crippen molar-refractivity contribution in [1.82, 2.24) is 0 Å². The largest absolute Gasteiger partial charge is 0.497 e. The number of thiophene rings is 1. The minimum absolute atomic E-state index is 0.377. The maximum absolute atomic E-state index is 14.5. The van der Waals surface area contributed by atoms with Gasteiger partial charge in [-0.15, -0.1) is 11.3 Å². The normalized spacial score (nSPS) is 24.0. The van der Waals surface area contributed by atoms with E-state index in [0.29, 0.717) is 27.6 Å². The van der Waals surface area contributed by atoms with E-state index in [0.717, 1.165) is 58.0 Å². The SMILES string of the molecule is COc1ccc([C@@H]2C=C3c4ccc5ccccc5c4OC(=O)[C@@H]3[C@H]3C(=O)N(c4sc5c(c4C#N)CCCC5)C(=O)[C@@H]32)cc1. The lowest BCUT2D eigenvalue weighted by Crippen LogP contribution is -2.42. The van der Waals surface area contributed by atoms with E-state index >= 15 is 0 Å². The van der Waals surface area contributed by atoms with Crippen molar-refractivity contribution in [2.24, 2.45) is 17.8 Å². The van der Waals surface area contributed by atoms with E-state index in [1.807, 2.05) is 66.7 Å². The predicted octanol–water partition coefficient (Wildman–Crippen LogP) is 6.18. The van der Waals surface area contributed by atoms with E-state index in [-0.39, 0.29) is 5.91 Å². The van der Waals surface area contributed by atoms with Gasteiger partial charge in [-0.05, 0) is 59.9 Å². The van der Waals surface area contributed by atoms with Gasteiger partial charge in [0.2, 0.25) is 11.8 Å². The Morgan fingerprint density at radius 3 is 2.51 bits per heavy atom. The monoisotopic (exact) mass is 586 g/mol. The fourth-order valence-corrected chi connectivity index (χ4v) is 8.81. The van der Waals surface area contributed by atoms with Crippen LogP contribution >= 0.6 is 11.3 Å². The zero-order chi connectivity index (χ0) is 29.4. The molecule has 0 N–H and O–H groups in total. The number of hydrogen-bond donors (Lipinski definition) is 0. The van der Waals surface area contributed by atoms with Gasteiger partial charge in [0.25, 0.3) is 0 Å². The Hall–Kier alpha value is -4.74. The number of anilines is 1. The molecule has 3 aromatic carbocycles. The summed E-state index contributed by atoms with van der Waals surface area (Å²) in [6, 6.07) is 21.4. The van der Waals surface area contributed by atoms with Gasteiger partial charge in [0.15, 0.2) is 0 Å². The summed E-state index contributed by atoms with van der Waals surface area (Å²) in [6.45, 7) is 0. The van der Waals surface area contributed by atoms with E-state index in [2.05, 4.69) is 6.07 Å². The second-order valence-corrected chi connectivity index (χ2v) is 12.6. The van der Waals surface area contributed by atoms with Crippen molar-refractivity contribution >= 4 is 50.5 Å². The fraction of sp³-hybridized carbons (Fsp3) is 0.257. The average molecular weight is 587 g/mol. The smallest absolute Gasteiger partial charge is 0.319 e. The van der Waals surface area contributed by atoms with E-state index in [9.17, 15) is 19.6 Å². The summed E-state index contributed by atoms with van der Waals surface area (Å²) in [7, 11) is 1.59. The van der Waals surface area contributed by atoms with Crippen LogP contribution in [0.25, 0.3) is 16.3 Å². The Balaban J connectivity index is 1.32. The van der Waals surface area contributed by atoms with Gasteiger partial charge >= 0.3 is 5.97 Å². The first-order chi connectivity index (χ1) is 21.0. The minimum Gasteiger partial charge on any atom is -0.497 e. The van der Waals surface area contributed by atoms with Gasteiger partial charge in [0.05, 0.1) is 30.4 Å². The molecule has 0 radical (unpaired) electrons. The molecule has 7 nitrogen and oxygen atoms in total. The van der Waals surface area contributed by atoms with Crippen LogP contribution in [-0.2, 0) is 27.2 Å². The first-order valence-electron chi connectivity index (χ1n) is 14.5. The first-order valence-corrected chi connectivity index (χ1v) is 15.3. The highest BCUT2D eigenvalue weighted by molar-refractivity contribution is 7.17. The number of imide groups is 1. The third-order valence-corrected chi connectivity index (χ3v) is 10.7. The van der Waals surface area contributed by atoms with Crippen molar-refractivity contribution in [2.75, 3.05) is 12.0 Å². The number of carbonyl (C=O) groups is 3. The van der Waals surface area contributed by atoms with Crippen LogP contribution < -0.4 is 14.4 Å². The molecule has 8 rings (SSSR count). The first kappa shape index (κ1) is 25.9. The molecule has 1 saturated heterocycles. The average Bonchev–Trinajstić information content (AvgIpc) is 3.53. The third-order valence-electron chi connectivity index (χ3n) is 9.45. The third kappa shape index (κ3) is 3.68. The molecule has 1 fully saturated rings. The number of benzene rings is 3. The van der Waals surface area contributed by atoms with Crippen LogP contribution in [0.4, 0.5) is 5.00 Å². The van der Waals surface area contributed by atoms with Gasteiger partial charge in [0, 0.05) is 21.7 Å².